The number of nitrogens with zero attached hydrogens (tertiary/aromatic N) is 2. The van der Waals surface area contributed by atoms with E-state index >= 15 is 0 Å². The van der Waals surface area contributed by atoms with Crippen LogP contribution in [0.3, 0.4) is 0 Å². The third-order valence-corrected chi connectivity index (χ3v) is 1.45. The van der Waals surface area contributed by atoms with E-state index in [-0.39, 0.29) is 11.4 Å². The van der Waals surface area contributed by atoms with Gasteiger partial charge < -0.3 is 15.4 Å². The van der Waals surface area contributed by atoms with Crippen molar-refractivity contribution in [1.82, 2.24) is 4.98 Å². The summed E-state index contributed by atoms with van der Waals surface area (Å²) < 4.78 is 0. The molecule has 0 unspecified atom stereocenters. The zero-order valence-corrected chi connectivity index (χ0v) is 8.44. The lowest BCUT2D eigenvalue weighted by molar-refractivity contribution is -0.389. The number of rotatable bonds is 2. The molecule has 0 amide bonds. The van der Waals surface area contributed by atoms with Crippen molar-refractivity contribution in [3.63, 3.8) is 0 Å². The van der Waals surface area contributed by atoms with Gasteiger partial charge in [0.15, 0.2) is 6.20 Å². The van der Waals surface area contributed by atoms with Crippen molar-refractivity contribution >= 4 is 11.5 Å². The number of hydrogen-bond donors (Lipinski definition) is 1. The Balaban J connectivity index is 2.79. The molecule has 0 radical (unpaired) electrons. The number of nitrogens with one attached hydrogen (secondary N) is 1. The van der Waals surface area contributed by atoms with Crippen LogP contribution < -0.4 is 5.32 Å². The Morgan fingerprint density at radius 3 is 2.43 bits per heavy atom. The zero-order valence-electron chi connectivity index (χ0n) is 8.44. The fourth-order valence-corrected chi connectivity index (χ4v) is 1.00. The average Bonchev–Trinajstić information content (AvgIpc) is 2.02. The molecule has 0 atom stereocenters. The van der Waals surface area contributed by atoms with E-state index in [0.717, 1.165) is 5.69 Å². The van der Waals surface area contributed by atoms with Crippen molar-refractivity contribution in [3.8, 4) is 0 Å². The van der Waals surface area contributed by atoms with Gasteiger partial charge in [-0.2, -0.15) is 0 Å². The van der Waals surface area contributed by atoms with E-state index in [1.807, 2.05) is 20.8 Å². The molecule has 0 saturated carbocycles. The molecule has 76 valence electrons. The van der Waals surface area contributed by atoms with Gasteiger partial charge in [0.1, 0.15) is 0 Å². The average molecular weight is 195 g/mol. The first-order chi connectivity index (χ1) is 6.38. The van der Waals surface area contributed by atoms with Crippen LogP contribution in [0.25, 0.3) is 0 Å². The van der Waals surface area contributed by atoms with Crippen LogP contribution in [-0.2, 0) is 0 Å². The quantitative estimate of drug-likeness (QED) is 0.580. The largest absolute Gasteiger partial charge is 0.377 e. The molecule has 0 aromatic carbocycles. The van der Waals surface area contributed by atoms with Crippen molar-refractivity contribution in [2.24, 2.45) is 0 Å². The maximum atomic E-state index is 10.3. The molecule has 1 N–H and O–H groups in total. The fraction of sp³-hybridized carbons (Fsp3) is 0.444. The molecule has 5 nitrogen and oxygen atoms in total. The summed E-state index contributed by atoms with van der Waals surface area (Å²) in [4.78, 5) is 13.5. The summed E-state index contributed by atoms with van der Waals surface area (Å²) in [6.07, 6.45) is 1.46. The number of nitro groups is 1. The minimum Gasteiger partial charge on any atom is -0.377 e. The zero-order chi connectivity index (χ0) is 10.8. The molecule has 14 heavy (non-hydrogen) atoms. The van der Waals surface area contributed by atoms with E-state index in [1.165, 1.54) is 12.3 Å². The Hall–Kier alpha value is -1.65. The highest BCUT2D eigenvalue weighted by molar-refractivity contribution is 5.45. The molecular weight excluding hydrogens is 182 g/mol. The SMILES string of the molecule is CC(C)(C)Nc1ccc([N+](=O)[O-])nc1. The third kappa shape index (κ3) is 3.01. The number of anilines is 1. The molecule has 1 aromatic rings. The van der Waals surface area contributed by atoms with Gasteiger partial charge in [-0.15, -0.1) is 0 Å². The Kier molecular flexibility index (Phi) is 2.69. The summed E-state index contributed by atoms with van der Waals surface area (Å²) in [7, 11) is 0. The lowest BCUT2D eigenvalue weighted by atomic mass is 10.1. The summed E-state index contributed by atoms with van der Waals surface area (Å²) in [6.45, 7) is 6.03. The van der Waals surface area contributed by atoms with Crippen LogP contribution >= 0.6 is 0 Å². The lowest BCUT2D eigenvalue weighted by Crippen LogP contribution is -2.26. The van der Waals surface area contributed by atoms with Gasteiger partial charge in [0.2, 0.25) is 0 Å². The lowest BCUT2D eigenvalue weighted by Gasteiger charge is -2.20. The monoisotopic (exact) mass is 195 g/mol. The van der Waals surface area contributed by atoms with Crippen molar-refractivity contribution in [2.75, 3.05) is 5.32 Å². The summed E-state index contributed by atoms with van der Waals surface area (Å²) in [5.74, 6) is -0.135. The second-order valence-electron chi connectivity index (χ2n) is 4.04. The second-order valence-corrected chi connectivity index (χ2v) is 4.04. The van der Waals surface area contributed by atoms with Crippen LogP contribution in [0.5, 0.6) is 0 Å². The normalized spacial score (nSPS) is 11.1. The highest BCUT2D eigenvalue weighted by atomic mass is 16.6. The summed E-state index contributed by atoms with van der Waals surface area (Å²) >= 11 is 0. The molecule has 0 bridgehead atoms. The van der Waals surface area contributed by atoms with Gasteiger partial charge in [0.05, 0.1) is 5.69 Å². The van der Waals surface area contributed by atoms with Gasteiger partial charge in [-0.25, -0.2) is 0 Å². The van der Waals surface area contributed by atoms with Crippen LogP contribution in [0.1, 0.15) is 20.8 Å². The predicted octanol–water partition coefficient (Wildman–Crippen LogP) is 2.20. The molecule has 5 heteroatoms. The Morgan fingerprint density at radius 2 is 2.07 bits per heavy atom. The molecule has 0 fully saturated rings. The van der Waals surface area contributed by atoms with Gasteiger partial charge in [0, 0.05) is 11.6 Å². The topological polar surface area (TPSA) is 68.1 Å². The summed E-state index contributed by atoms with van der Waals surface area (Å²) in [5.41, 5.74) is 0.709. The first kappa shape index (κ1) is 10.4. The Morgan fingerprint density at radius 1 is 1.43 bits per heavy atom. The van der Waals surface area contributed by atoms with E-state index in [0.29, 0.717) is 0 Å². The number of pyridine rings is 1. The molecule has 0 spiro atoms. The minimum atomic E-state index is -0.513. The van der Waals surface area contributed by atoms with E-state index < -0.39 is 4.92 Å². The smallest absolute Gasteiger partial charge is 0.363 e. The van der Waals surface area contributed by atoms with E-state index in [4.69, 9.17) is 0 Å². The first-order valence-electron chi connectivity index (χ1n) is 4.27. The molecule has 1 aromatic heterocycles. The van der Waals surface area contributed by atoms with Crippen molar-refractivity contribution < 1.29 is 4.92 Å². The second kappa shape index (κ2) is 3.61. The molecule has 1 rings (SSSR count). The van der Waals surface area contributed by atoms with Gasteiger partial charge in [0.25, 0.3) is 0 Å². The van der Waals surface area contributed by atoms with Crippen LogP contribution in [0.2, 0.25) is 0 Å². The third-order valence-electron chi connectivity index (χ3n) is 1.45. The van der Waals surface area contributed by atoms with Crippen LogP contribution in [0.15, 0.2) is 18.3 Å². The van der Waals surface area contributed by atoms with Crippen LogP contribution in [0, 0.1) is 10.1 Å². The first-order valence-corrected chi connectivity index (χ1v) is 4.27. The molecule has 1 heterocycles. The highest BCUT2D eigenvalue weighted by Gasteiger charge is 2.12. The Labute approximate surface area is 82.3 Å². The Bertz CT molecular complexity index is 327. The predicted molar refractivity (Wildman–Crippen MR) is 54.3 cm³/mol. The van der Waals surface area contributed by atoms with E-state index in [9.17, 15) is 10.1 Å². The van der Waals surface area contributed by atoms with Crippen molar-refractivity contribution in [1.29, 1.82) is 0 Å². The number of aromatic nitrogens is 1. The van der Waals surface area contributed by atoms with Crippen LogP contribution in [-0.4, -0.2) is 15.4 Å². The molecule has 0 saturated heterocycles. The minimum absolute atomic E-state index is 0.0716. The maximum Gasteiger partial charge on any atom is 0.363 e. The number of hydrogen-bond acceptors (Lipinski definition) is 4. The van der Waals surface area contributed by atoms with Gasteiger partial charge >= 0.3 is 5.82 Å². The maximum absolute atomic E-state index is 10.3. The molecule has 0 aliphatic rings. The summed E-state index contributed by atoms with van der Waals surface area (Å²) in [5, 5.41) is 13.5. The summed E-state index contributed by atoms with van der Waals surface area (Å²) in [6, 6.07) is 3.03. The van der Waals surface area contributed by atoms with Crippen molar-refractivity contribution in [3.05, 3.63) is 28.4 Å². The van der Waals surface area contributed by atoms with Gasteiger partial charge in [-0.3, -0.25) is 0 Å². The highest BCUT2D eigenvalue weighted by Crippen LogP contribution is 2.15. The standard InChI is InChI=1S/C9H13N3O2/c1-9(2,3)11-7-4-5-8(10-6-7)12(13)14/h4-6,11H,1-3H3. The molecule has 0 aliphatic carbocycles. The van der Waals surface area contributed by atoms with Crippen molar-refractivity contribution in [2.45, 2.75) is 26.3 Å². The van der Waals surface area contributed by atoms with E-state index in [1.54, 1.807) is 6.07 Å². The molecule has 0 aliphatic heterocycles. The van der Waals surface area contributed by atoms with Crippen LogP contribution in [0.4, 0.5) is 11.5 Å². The van der Waals surface area contributed by atoms with Gasteiger partial charge in [-0.05, 0) is 36.7 Å². The van der Waals surface area contributed by atoms with E-state index in [2.05, 4.69) is 10.3 Å². The molecular formula is C9H13N3O2. The fourth-order valence-electron chi connectivity index (χ4n) is 1.00. The van der Waals surface area contributed by atoms with Gasteiger partial charge in [-0.1, -0.05) is 0 Å².